The number of amides is 1. The van der Waals surface area contributed by atoms with Crippen molar-refractivity contribution in [2.24, 2.45) is 5.73 Å². The van der Waals surface area contributed by atoms with Gasteiger partial charge in [0, 0.05) is 17.5 Å². The van der Waals surface area contributed by atoms with Gasteiger partial charge in [-0.05, 0) is 30.9 Å². The van der Waals surface area contributed by atoms with Crippen LogP contribution in [0.4, 0.5) is 0 Å². The summed E-state index contributed by atoms with van der Waals surface area (Å²) in [6, 6.07) is 17.5. The van der Waals surface area contributed by atoms with Gasteiger partial charge in [0.15, 0.2) is 0 Å². The Hall–Kier alpha value is -2.04. The lowest BCUT2D eigenvalue weighted by atomic mass is 9.78. The van der Waals surface area contributed by atoms with Crippen LogP contribution in [0.5, 0.6) is 5.75 Å². The van der Waals surface area contributed by atoms with Crippen molar-refractivity contribution in [3.63, 3.8) is 0 Å². The Bertz CT molecular complexity index is 730. The van der Waals surface area contributed by atoms with Crippen LogP contribution in [0.1, 0.15) is 36.8 Å². The monoisotopic (exact) mass is 388 g/mol. The topological polar surface area (TPSA) is 64.3 Å². The van der Waals surface area contributed by atoms with Crippen molar-refractivity contribution in [2.45, 2.75) is 43.6 Å². The first-order chi connectivity index (χ1) is 12.6. The number of hydrogen-bond donors (Lipinski definition) is 2. The van der Waals surface area contributed by atoms with Crippen molar-refractivity contribution < 1.29 is 9.53 Å². The second-order valence-corrected chi connectivity index (χ2v) is 7.20. The molecule has 1 amide bonds. The lowest BCUT2D eigenvalue weighted by Crippen LogP contribution is -2.47. The number of methoxy groups -OCH3 is 1. The fourth-order valence-corrected chi connectivity index (χ4v) is 4.02. The second kappa shape index (κ2) is 9.77. The van der Waals surface area contributed by atoms with E-state index < -0.39 is 6.04 Å². The molecule has 1 fully saturated rings. The Morgan fingerprint density at radius 1 is 1.11 bits per heavy atom. The molecule has 2 aromatic rings. The normalized spacial score (nSPS) is 16.2. The third kappa shape index (κ3) is 5.02. The van der Waals surface area contributed by atoms with E-state index >= 15 is 0 Å². The van der Waals surface area contributed by atoms with E-state index in [2.05, 4.69) is 11.4 Å². The van der Waals surface area contributed by atoms with Crippen LogP contribution >= 0.6 is 12.4 Å². The average molecular weight is 389 g/mol. The zero-order valence-electron chi connectivity index (χ0n) is 15.8. The Kier molecular flexibility index (Phi) is 7.69. The molecule has 146 valence electrons. The molecule has 0 heterocycles. The number of halogens is 1. The highest BCUT2D eigenvalue weighted by Crippen LogP contribution is 2.44. The molecule has 1 aliphatic carbocycles. The third-order valence-electron chi connectivity index (χ3n) is 5.48. The summed E-state index contributed by atoms with van der Waals surface area (Å²) in [4.78, 5) is 12.6. The summed E-state index contributed by atoms with van der Waals surface area (Å²) < 4.78 is 5.58. The number of ether oxygens (including phenoxy) is 1. The number of para-hydroxylation sites is 1. The standard InChI is InChI=1S/C22H28N2O2.ClH/c1-26-20-12-6-5-11-18(20)22(13-7-8-14-22)16-24-21(25)19(23)15-17-9-3-2-4-10-17;/h2-6,9-12,19H,7-8,13-16,23H2,1H3,(H,24,25);1H/t19-;/m0./s1. The van der Waals surface area contributed by atoms with Crippen LogP contribution in [0.25, 0.3) is 0 Å². The molecule has 0 aliphatic heterocycles. The van der Waals surface area contributed by atoms with E-state index in [1.807, 2.05) is 48.5 Å². The molecule has 3 N–H and O–H groups in total. The minimum absolute atomic E-state index is 0. The fraction of sp³-hybridized carbons (Fsp3) is 0.409. The SMILES string of the molecule is COc1ccccc1C1(CNC(=O)[C@@H](N)Cc2ccccc2)CCCC1.Cl. The Balaban J connectivity index is 0.00000261. The Morgan fingerprint density at radius 3 is 2.41 bits per heavy atom. The summed E-state index contributed by atoms with van der Waals surface area (Å²) in [5.74, 6) is 0.812. The molecule has 4 nitrogen and oxygen atoms in total. The summed E-state index contributed by atoms with van der Waals surface area (Å²) in [7, 11) is 1.70. The minimum atomic E-state index is -0.534. The van der Waals surface area contributed by atoms with Gasteiger partial charge in [-0.1, -0.05) is 61.4 Å². The Morgan fingerprint density at radius 2 is 1.74 bits per heavy atom. The van der Waals surface area contributed by atoms with Crippen molar-refractivity contribution >= 4 is 18.3 Å². The van der Waals surface area contributed by atoms with E-state index in [1.54, 1.807) is 7.11 Å². The molecule has 0 radical (unpaired) electrons. The summed E-state index contributed by atoms with van der Waals surface area (Å²) in [5, 5.41) is 3.12. The molecular formula is C22H29ClN2O2. The summed E-state index contributed by atoms with van der Waals surface area (Å²) >= 11 is 0. The van der Waals surface area contributed by atoms with Crippen molar-refractivity contribution in [1.82, 2.24) is 5.32 Å². The van der Waals surface area contributed by atoms with Gasteiger partial charge in [-0.2, -0.15) is 0 Å². The van der Waals surface area contributed by atoms with Gasteiger partial charge in [0.1, 0.15) is 5.75 Å². The van der Waals surface area contributed by atoms with Crippen LogP contribution in [0, 0.1) is 0 Å². The molecule has 0 unspecified atom stereocenters. The van der Waals surface area contributed by atoms with E-state index in [9.17, 15) is 4.79 Å². The second-order valence-electron chi connectivity index (χ2n) is 7.20. The molecule has 1 atom stereocenters. The van der Waals surface area contributed by atoms with Gasteiger partial charge in [0.05, 0.1) is 13.2 Å². The van der Waals surface area contributed by atoms with Gasteiger partial charge in [0.25, 0.3) is 0 Å². The number of carbonyl (C=O) groups excluding carboxylic acids is 1. The molecule has 1 saturated carbocycles. The predicted molar refractivity (Wildman–Crippen MR) is 112 cm³/mol. The average Bonchev–Trinajstić information content (AvgIpc) is 3.17. The van der Waals surface area contributed by atoms with Crippen LogP contribution in [-0.2, 0) is 16.6 Å². The number of nitrogens with one attached hydrogen (secondary N) is 1. The fourth-order valence-electron chi connectivity index (χ4n) is 4.02. The summed E-state index contributed by atoms with van der Waals surface area (Å²) in [6.07, 6.45) is 5.01. The molecule has 2 aromatic carbocycles. The molecule has 0 saturated heterocycles. The van der Waals surface area contributed by atoms with E-state index in [1.165, 1.54) is 18.4 Å². The molecule has 0 bridgehead atoms. The first-order valence-corrected chi connectivity index (χ1v) is 9.35. The van der Waals surface area contributed by atoms with Crippen LogP contribution in [-0.4, -0.2) is 25.6 Å². The number of nitrogens with two attached hydrogens (primary N) is 1. The highest BCUT2D eigenvalue weighted by Gasteiger charge is 2.38. The highest BCUT2D eigenvalue weighted by atomic mass is 35.5. The van der Waals surface area contributed by atoms with Gasteiger partial charge < -0.3 is 15.8 Å². The van der Waals surface area contributed by atoms with Gasteiger partial charge in [-0.25, -0.2) is 0 Å². The van der Waals surface area contributed by atoms with Gasteiger partial charge in [-0.15, -0.1) is 12.4 Å². The van der Waals surface area contributed by atoms with E-state index in [4.69, 9.17) is 10.5 Å². The number of carbonyl (C=O) groups is 1. The van der Waals surface area contributed by atoms with Crippen molar-refractivity contribution in [3.05, 3.63) is 65.7 Å². The van der Waals surface area contributed by atoms with Gasteiger partial charge in [-0.3, -0.25) is 4.79 Å². The van der Waals surface area contributed by atoms with Gasteiger partial charge in [0.2, 0.25) is 5.91 Å². The van der Waals surface area contributed by atoms with Crippen LogP contribution < -0.4 is 15.8 Å². The molecule has 3 rings (SSSR count). The van der Waals surface area contributed by atoms with Crippen molar-refractivity contribution in [1.29, 1.82) is 0 Å². The largest absolute Gasteiger partial charge is 0.496 e. The minimum Gasteiger partial charge on any atom is -0.496 e. The maximum atomic E-state index is 12.6. The number of rotatable bonds is 7. The molecular weight excluding hydrogens is 360 g/mol. The van der Waals surface area contributed by atoms with Crippen LogP contribution in [0.3, 0.4) is 0 Å². The zero-order chi connectivity index (χ0) is 18.4. The Labute approximate surface area is 167 Å². The molecule has 0 spiro atoms. The third-order valence-corrected chi connectivity index (χ3v) is 5.48. The summed E-state index contributed by atoms with van der Waals surface area (Å²) in [5.41, 5.74) is 8.35. The summed E-state index contributed by atoms with van der Waals surface area (Å²) in [6.45, 7) is 0.606. The quantitative estimate of drug-likeness (QED) is 0.761. The molecule has 1 aliphatic rings. The van der Waals surface area contributed by atoms with Gasteiger partial charge >= 0.3 is 0 Å². The molecule has 27 heavy (non-hydrogen) atoms. The van der Waals surface area contributed by atoms with E-state index in [0.717, 1.165) is 24.2 Å². The van der Waals surface area contributed by atoms with Crippen LogP contribution in [0.2, 0.25) is 0 Å². The smallest absolute Gasteiger partial charge is 0.237 e. The number of hydrogen-bond acceptors (Lipinski definition) is 3. The zero-order valence-corrected chi connectivity index (χ0v) is 16.6. The molecule has 5 heteroatoms. The van der Waals surface area contributed by atoms with E-state index in [-0.39, 0.29) is 23.7 Å². The van der Waals surface area contributed by atoms with Crippen molar-refractivity contribution in [2.75, 3.05) is 13.7 Å². The lowest BCUT2D eigenvalue weighted by molar-refractivity contribution is -0.122. The maximum Gasteiger partial charge on any atom is 0.237 e. The molecule has 0 aromatic heterocycles. The highest BCUT2D eigenvalue weighted by molar-refractivity contribution is 5.85. The lowest BCUT2D eigenvalue weighted by Gasteiger charge is -2.31. The predicted octanol–water partition coefficient (Wildman–Crippen LogP) is 3.62. The number of benzene rings is 2. The first-order valence-electron chi connectivity index (χ1n) is 9.35. The van der Waals surface area contributed by atoms with E-state index in [0.29, 0.717) is 13.0 Å². The first kappa shape index (κ1) is 21.3. The van der Waals surface area contributed by atoms with Crippen molar-refractivity contribution in [3.8, 4) is 5.75 Å². The van der Waals surface area contributed by atoms with Crippen LogP contribution in [0.15, 0.2) is 54.6 Å². The maximum absolute atomic E-state index is 12.6.